The Hall–Kier alpha value is -1.55. The zero-order chi connectivity index (χ0) is 12.5. The summed E-state index contributed by atoms with van der Waals surface area (Å²) in [7, 11) is 0. The first-order valence-corrected chi connectivity index (χ1v) is 6.44. The SMILES string of the molecule is O=C(O)c1ccc2c(c1)[C@@H](C1CCOCC1)CN2. The zero-order valence-corrected chi connectivity index (χ0v) is 10.2. The standard InChI is InChI=1S/C14H17NO3/c16-14(17)10-1-2-13-11(7-10)12(8-15-13)9-3-5-18-6-4-9/h1-2,7,9,12,15H,3-6,8H2,(H,16,17)/t12-/m1/s1. The van der Waals surface area contributed by atoms with E-state index in [1.807, 2.05) is 12.1 Å². The summed E-state index contributed by atoms with van der Waals surface area (Å²) in [5, 5.41) is 12.5. The van der Waals surface area contributed by atoms with Crippen molar-refractivity contribution in [2.75, 3.05) is 25.1 Å². The number of hydrogen-bond acceptors (Lipinski definition) is 3. The lowest BCUT2D eigenvalue weighted by Gasteiger charge is -2.27. The fourth-order valence-corrected chi connectivity index (χ4v) is 3.03. The van der Waals surface area contributed by atoms with Crippen LogP contribution in [0.25, 0.3) is 0 Å². The molecule has 0 amide bonds. The number of carbonyl (C=O) groups is 1. The van der Waals surface area contributed by atoms with Crippen LogP contribution in [0, 0.1) is 5.92 Å². The van der Waals surface area contributed by atoms with E-state index < -0.39 is 5.97 Å². The van der Waals surface area contributed by atoms with E-state index in [1.54, 1.807) is 6.07 Å². The second-order valence-electron chi connectivity index (χ2n) is 5.04. The van der Waals surface area contributed by atoms with Crippen molar-refractivity contribution in [3.05, 3.63) is 29.3 Å². The zero-order valence-electron chi connectivity index (χ0n) is 10.2. The van der Waals surface area contributed by atoms with Gasteiger partial charge in [-0.15, -0.1) is 0 Å². The molecule has 3 rings (SSSR count). The molecule has 1 fully saturated rings. The second kappa shape index (κ2) is 4.61. The number of fused-ring (bicyclic) bond motifs is 1. The fraction of sp³-hybridized carbons (Fsp3) is 0.500. The molecule has 0 aromatic heterocycles. The first-order chi connectivity index (χ1) is 8.75. The molecule has 0 spiro atoms. The van der Waals surface area contributed by atoms with Gasteiger partial charge in [0.05, 0.1) is 5.56 Å². The smallest absolute Gasteiger partial charge is 0.335 e. The highest BCUT2D eigenvalue weighted by molar-refractivity contribution is 5.88. The van der Waals surface area contributed by atoms with Crippen LogP contribution in [0.4, 0.5) is 5.69 Å². The summed E-state index contributed by atoms with van der Waals surface area (Å²) in [6, 6.07) is 5.39. The van der Waals surface area contributed by atoms with Crippen molar-refractivity contribution in [2.45, 2.75) is 18.8 Å². The molecule has 2 heterocycles. The van der Waals surface area contributed by atoms with Crippen LogP contribution in [0.3, 0.4) is 0 Å². The van der Waals surface area contributed by atoms with Crippen molar-refractivity contribution >= 4 is 11.7 Å². The molecule has 2 aliphatic rings. The van der Waals surface area contributed by atoms with Crippen LogP contribution < -0.4 is 5.32 Å². The Bertz CT molecular complexity index is 466. The summed E-state index contributed by atoms with van der Waals surface area (Å²) >= 11 is 0. The van der Waals surface area contributed by atoms with Gasteiger partial charge in [-0.1, -0.05) is 0 Å². The lowest BCUT2D eigenvalue weighted by atomic mass is 9.82. The lowest BCUT2D eigenvalue weighted by molar-refractivity contribution is 0.0596. The van der Waals surface area contributed by atoms with Gasteiger partial charge < -0.3 is 15.2 Å². The monoisotopic (exact) mass is 247 g/mol. The maximum Gasteiger partial charge on any atom is 0.335 e. The van der Waals surface area contributed by atoms with E-state index in [-0.39, 0.29) is 0 Å². The molecule has 96 valence electrons. The first kappa shape index (κ1) is 11.5. The van der Waals surface area contributed by atoms with E-state index in [0.717, 1.165) is 38.3 Å². The maximum absolute atomic E-state index is 11.0. The van der Waals surface area contributed by atoms with E-state index >= 15 is 0 Å². The number of aromatic carboxylic acids is 1. The number of hydrogen-bond donors (Lipinski definition) is 2. The van der Waals surface area contributed by atoms with Crippen LogP contribution in [0.1, 0.15) is 34.7 Å². The molecule has 0 saturated carbocycles. The average molecular weight is 247 g/mol. The fourth-order valence-electron chi connectivity index (χ4n) is 3.03. The number of carboxylic acid groups (broad SMARTS) is 1. The molecule has 4 heteroatoms. The summed E-state index contributed by atoms with van der Waals surface area (Å²) in [4.78, 5) is 11.0. The Morgan fingerprint density at radius 1 is 1.33 bits per heavy atom. The van der Waals surface area contributed by atoms with Gasteiger partial charge in [0.2, 0.25) is 0 Å². The molecular formula is C14H17NO3. The Morgan fingerprint density at radius 3 is 2.83 bits per heavy atom. The van der Waals surface area contributed by atoms with Crippen molar-refractivity contribution in [1.82, 2.24) is 0 Å². The number of benzene rings is 1. The minimum Gasteiger partial charge on any atom is -0.478 e. The summed E-state index contributed by atoms with van der Waals surface area (Å²) in [6.45, 7) is 2.58. The molecule has 1 aromatic rings. The second-order valence-corrected chi connectivity index (χ2v) is 5.04. The van der Waals surface area contributed by atoms with Gasteiger partial charge in [-0.25, -0.2) is 4.79 Å². The van der Waals surface area contributed by atoms with Crippen LogP contribution in [-0.2, 0) is 4.74 Å². The third kappa shape index (κ3) is 1.97. The minimum absolute atomic E-state index is 0.384. The Labute approximate surface area is 106 Å². The lowest BCUT2D eigenvalue weighted by Crippen LogP contribution is -2.23. The van der Waals surface area contributed by atoms with Gasteiger partial charge in [0.15, 0.2) is 0 Å². The summed E-state index contributed by atoms with van der Waals surface area (Å²) < 4.78 is 5.39. The van der Waals surface area contributed by atoms with Gasteiger partial charge in [0, 0.05) is 31.4 Å². The molecule has 4 nitrogen and oxygen atoms in total. The molecule has 1 aromatic carbocycles. The van der Waals surface area contributed by atoms with Crippen molar-refractivity contribution < 1.29 is 14.6 Å². The van der Waals surface area contributed by atoms with E-state index in [4.69, 9.17) is 9.84 Å². The van der Waals surface area contributed by atoms with Gasteiger partial charge in [0.1, 0.15) is 0 Å². The molecule has 2 N–H and O–H groups in total. The normalized spacial score (nSPS) is 23.4. The Morgan fingerprint density at radius 2 is 2.11 bits per heavy atom. The summed E-state index contributed by atoms with van der Waals surface area (Å²) in [6.07, 6.45) is 2.15. The third-order valence-electron chi connectivity index (χ3n) is 4.05. The average Bonchev–Trinajstić information content (AvgIpc) is 2.82. The molecule has 0 aliphatic carbocycles. The van der Waals surface area contributed by atoms with Crippen LogP contribution >= 0.6 is 0 Å². The number of carboxylic acids is 1. The van der Waals surface area contributed by atoms with E-state index in [9.17, 15) is 4.79 Å². The molecule has 1 saturated heterocycles. The summed E-state index contributed by atoms with van der Waals surface area (Å²) in [5.74, 6) is 0.190. The van der Waals surface area contributed by atoms with Crippen molar-refractivity contribution in [2.24, 2.45) is 5.92 Å². The quantitative estimate of drug-likeness (QED) is 0.842. The van der Waals surface area contributed by atoms with Gasteiger partial charge in [-0.05, 0) is 42.5 Å². The molecular weight excluding hydrogens is 230 g/mol. The van der Waals surface area contributed by atoms with Gasteiger partial charge in [0.25, 0.3) is 0 Å². The third-order valence-corrected chi connectivity index (χ3v) is 4.05. The van der Waals surface area contributed by atoms with Crippen LogP contribution in [0.5, 0.6) is 0 Å². The Balaban J connectivity index is 1.89. The number of nitrogens with one attached hydrogen (secondary N) is 1. The highest BCUT2D eigenvalue weighted by Crippen LogP contribution is 2.40. The molecule has 0 bridgehead atoms. The molecule has 0 unspecified atom stereocenters. The number of ether oxygens (including phenoxy) is 1. The number of anilines is 1. The number of rotatable bonds is 2. The van der Waals surface area contributed by atoms with Gasteiger partial charge in [-0.2, -0.15) is 0 Å². The maximum atomic E-state index is 11.0. The minimum atomic E-state index is -0.851. The van der Waals surface area contributed by atoms with Crippen molar-refractivity contribution in [3.63, 3.8) is 0 Å². The Kier molecular flexibility index (Phi) is 2.96. The predicted octanol–water partition coefficient (Wildman–Crippen LogP) is 2.32. The van der Waals surface area contributed by atoms with Crippen LogP contribution in [0.15, 0.2) is 18.2 Å². The summed E-state index contributed by atoms with van der Waals surface area (Å²) in [5.41, 5.74) is 2.65. The highest BCUT2D eigenvalue weighted by atomic mass is 16.5. The van der Waals surface area contributed by atoms with Crippen molar-refractivity contribution in [1.29, 1.82) is 0 Å². The molecule has 1 atom stereocenters. The molecule has 0 radical (unpaired) electrons. The van der Waals surface area contributed by atoms with E-state index in [2.05, 4.69) is 5.32 Å². The van der Waals surface area contributed by atoms with Gasteiger partial charge >= 0.3 is 5.97 Å². The first-order valence-electron chi connectivity index (χ1n) is 6.44. The predicted molar refractivity (Wildman–Crippen MR) is 68.2 cm³/mol. The van der Waals surface area contributed by atoms with E-state index in [1.165, 1.54) is 5.56 Å². The highest BCUT2D eigenvalue weighted by Gasteiger charge is 2.31. The van der Waals surface area contributed by atoms with E-state index in [0.29, 0.717) is 17.4 Å². The van der Waals surface area contributed by atoms with Crippen LogP contribution in [-0.4, -0.2) is 30.8 Å². The molecule has 18 heavy (non-hydrogen) atoms. The largest absolute Gasteiger partial charge is 0.478 e. The van der Waals surface area contributed by atoms with Crippen LogP contribution in [0.2, 0.25) is 0 Å². The van der Waals surface area contributed by atoms with Crippen molar-refractivity contribution in [3.8, 4) is 0 Å². The topological polar surface area (TPSA) is 58.6 Å². The van der Waals surface area contributed by atoms with Gasteiger partial charge in [-0.3, -0.25) is 0 Å². The molecule has 2 aliphatic heterocycles.